The SMILES string of the molecule is O=C(N[C@@H](CCCCO)C(=O)CC1CCCC1)[C@H](COc1ccccc1)CC(=O)[C@H](Cc1cccc(OCc2ccccc2)c1)N1CCCC1=O. The third-order valence-electron chi connectivity index (χ3n) is 10.0. The molecule has 9 heteroatoms. The highest BCUT2D eigenvalue weighted by Gasteiger charge is 2.36. The second-order valence-electron chi connectivity index (χ2n) is 13.9. The van der Waals surface area contributed by atoms with E-state index < -0.39 is 23.9 Å². The average Bonchev–Trinajstić information content (AvgIpc) is 3.83. The van der Waals surface area contributed by atoms with Crippen molar-refractivity contribution < 1.29 is 33.8 Å². The van der Waals surface area contributed by atoms with Gasteiger partial charge in [-0.3, -0.25) is 19.2 Å². The van der Waals surface area contributed by atoms with Crippen LogP contribution in [0, 0.1) is 11.8 Å². The van der Waals surface area contributed by atoms with Gasteiger partial charge < -0.3 is 24.8 Å². The standard InChI is InChI=1S/C42H52N2O7/c45-24-10-9-21-37(39(46)27-31-13-7-8-14-31)43-42(49)34(30-51-35-18-5-2-6-19-35)28-40(47)38(44-23-12-22-41(44)48)26-33-17-11-20-36(25-33)50-29-32-15-3-1-4-16-32/h1-6,11,15-20,25,31,34,37-38,45H,7-10,12-14,21-24,26-30H2,(H,43,49)/t34-,37-,38-/m0/s1. The number of benzene rings is 3. The molecule has 0 aromatic heterocycles. The largest absolute Gasteiger partial charge is 0.493 e. The first-order valence-electron chi connectivity index (χ1n) is 18.6. The summed E-state index contributed by atoms with van der Waals surface area (Å²) in [4.78, 5) is 56.5. The molecule has 272 valence electrons. The summed E-state index contributed by atoms with van der Waals surface area (Å²) < 4.78 is 12.1. The number of ketones is 2. The second-order valence-corrected chi connectivity index (χ2v) is 13.9. The summed E-state index contributed by atoms with van der Waals surface area (Å²) in [7, 11) is 0. The van der Waals surface area contributed by atoms with Crippen molar-refractivity contribution in [3.05, 3.63) is 96.1 Å². The van der Waals surface area contributed by atoms with Crippen molar-refractivity contribution in [3.8, 4) is 11.5 Å². The van der Waals surface area contributed by atoms with Crippen molar-refractivity contribution in [2.24, 2.45) is 11.8 Å². The molecule has 1 heterocycles. The molecule has 51 heavy (non-hydrogen) atoms. The predicted molar refractivity (Wildman–Crippen MR) is 195 cm³/mol. The van der Waals surface area contributed by atoms with Gasteiger partial charge in [0, 0.05) is 38.8 Å². The van der Waals surface area contributed by atoms with E-state index in [9.17, 15) is 24.3 Å². The number of hydrogen-bond acceptors (Lipinski definition) is 7. The number of aliphatic hydroxyl groups is 1. The van der Waals surface area contributed by atoms with Gasteiger partial charge in [0.05, 0.1) is 18.0 Å². The summed E-state index contributed by atoms with van der Waals surface area (Å²) in [6, 6.07) is 25.1. The summed E-state index contributed by atoms with van der Waals surface area (Å²) in [5.74, 6) is -0.0586. The number of carbonyl (C=O) groups is 4. The van der Waals surface area contributed by atoms with E-state index in [0.29, 0.717) is 69.1 Å². The number of para-hydroxylation sites is 1. The Morgan fingerprint density at radius 3 is 2.24 bits per heavy atom. The van der Waals surface area contributed by atoms with Crippen LogP contribution in [-0.2, 0) is 32.2 Å². The van der Waals surface area contributed by atoms with Gasteiger partial charge in [-0.05, 0) is 67.0 Å². The van der Waals surface area contributed by atoms with Gasteiger partial charge in [0.1, 0.15) is 24.7 Å². The molecule has 3 aromatic rings. The number of rotatable bonds is 21. The molecular weight excluding hydrogens is 644 g/mol. The maximum atomic E-state index is 14.3. The molecule has 9 nitrogen and oxygen atoms in total. The molecule has 1 saturated heterocycles. The van der Waals surface area contributed by atoms with Gasteiger partial charge in [-0.25, -0.2) is 0 Å². The zero-order valence-corrected chi connectivity index (χ0v) is 29.5. The van der Waals surface area contributed by atoms with Crippen LogP contribution in [0.15, 0.2) is 84.9 Å². The first kappa shape index (κ1) is 37.7. The van der Waals surface area contributed by atoms with Gasteiger partial charge in [0.25, 0.3) is 0 Å². The van der Waals surface area contributed by atoms with Gasteiger partial charge in [0.15, 0.2) is 11.6 Å². The van der Waals surface area contributed by atoms with Crippen LogP contribution in [-0.4, -0.2) is 65.2 Å². The number of Topliss-reactive ketones (excluding diaryl/α,β-unsaturated/α-hetero) is 2. The van der Waals surface area contributed by atoms with Gasteiger partial charge in [-0.15, -0.1) is 0 Å². The lowest BCUT2D eigenvalue weighted by molar-refractivity contribution is -0.138. The van der Waals surface area contributed by atoms with E-state index in [0.717, 1.165) is 36.8 Å². The third-order valence-corrected chi connectivity index (χ3v) is 10.0. The molecule has 3 aromatic carbocycles. The molecule has 3 atom stereocenters. The first-order chi connectivity index (χ1) is 24.9. The fourth-order valence-corrected chi connectivity index (χ4v) is 7.15. The van der Waals surface area contributed by atoms with Gasteiger partial charge in [-0.2, -0.15) is 0 Å². The van der Waals surface area contributed by atoms with Gasteiger partial charge in [0.2, 0.25) is 11.8 Å². The van der Waals surface area contributed by atoms with E-state index >= 15 is 0 Å². The Morgan fingerprint density at radius 2 is 1.53 bits per heavy atom. The number of likely N-dealkylation sites (tertiary alicyclic amines) is 1. The van der Waals surface area contributed by atoms with E-state index in [4.69, 9.17) is 9.47 Å². The molecule has 2 amide bonds. The van der Waals surface area contributed by atoms with E-state index in [2.05, 4.69) is 5.32 Å². The molecule has 5 rings (SSSR count). The highest BCUT2D eigenvalue weighted by atomic mass is 16.5. The number of ether oxygens (including phenoxy) is 2. The first-order valence-corrected chi connectivity index (χ1v) is 18.6. The number of carbonyl (C=O) groups excluding carboxylic acids is 4. The minimum Gasteiger partial charge on any atom is -0.493 e. The average molecular weight is 697 g/mol. The molecule has 1 saturated carbocycles. The summed E-state index contributed by atoms with van der Waals surface area (Å²) in [6.07, 6.45) is 7.41. The van der Waals surface area contributed by atoms with Crippen molar-refractivity contribution >= 4 is 23.4 Å². The Hall–Kier alpha value is -4.50. The highest BCUT2D eigenvalue weighted by Crippen LogP contribution is 2.29. The van der Waals surface area contributed by atoms with Crippen LogP contribution < -0.4 is 14.8 Å². The Morgan fingerprint density at radius 1 is 0.824 bits per heavy atom. The number of aliphatic hydroxyl groups excluding tert-OH is 1. The Labute approximate surface area is 301 Å². The lowest BCUT2D eigenvalue weighted by Crippen LogP contribution is -2.48. The third kappa shape index (κ3) is 11.8. The minimum atomic E-state index is -0.891. The molecule has 0 bridgehead atoms. The van der Waals surface area contributed by atoms with E-state index in [1.54, 1.807) is 17.0 Å². The number of hydrogen-bond donors (Lipinski definition) is 2. The predicted octanol–water partition coefficient (Wildman–Crippen LogP) is 6.25. The fraction of sp³-hybridized carbons (Fsp3) is 0.476. The quantitative estimate of drug-likeness (QED) is 0.126. The van der Waals surface area contributed by atoms with Crippen LogP contribution in [0.4, 0.5) is 0 Å². The van der Waals surface area contributed by atoms with Crippen LogP contribution in [0.3, 0.4) is 0 Å². The van der Waals surface area contributed by atoms with Crippen LogP contribution in [0.1, 0.15) is 81.8 Å². The Balaban J connectivity index is 1.32. The zero-order valence-electron chi connectivity index (χ0n) is 29.5. The maximum Gasteiger partial charge on any atom is 0.227 e. The molecule has 2 aliphatic rings. The van der Waals surface area contributed by atoms with E-state index in [1.807, 2.05) is 72.8 Å². The van der Waals surface area contributed by atoms with Crippen molar-refractivity contribution in [3.63, 3.8) is 0 Å². The molecule has 1 aliphatic heterocycles. The number of nitrogens with one attached hydrogen (secondary N) is 1. The minimum absolute atomic E-state index is 0.00264. The normalized spacial score (nSPS) is 16.4. The second kappa shape index (κ2) is 19.8. The van der Waals surface area contributed by atoms with Gasteiger partial charge in [-0.1, -0.05) is 86.3 Å². The van der Waals surface area contributed by atoms with E-state index in [1.165, 1.54) is 0 Å². The number of unbranched alkanes of at least 4 members (excludes halogenated alkanes) is 1. The van der Waals surface area contributed by atoms with Crippen LogP contribution >= 0.6 is 0 Å². The molecule has 0 spiro atoms. The van der Waals surface area contributed by atoms with Crippen molar-refractivity contribution in [1.29, 1.82) is 0 Å². The smallest absolute Gasteiger partial charge is 0.227 e. The van der Waals surface area contributed by atoms with Crippen molar-refractivity contribution in [2.45, 2.75) is 95.7 Å². The molecule has 2 fully saturated rings. The lowest BCUT2D eigenvalue weighted by atomic mass is 9.91. The van der Waals surface area contributed by atoms with Gasteiger partial charge >= 0.3 is 0 Å². The topological polar surface area (TPSA) is 122 Å². The molecule has 2 N–H and O–H groups in total. The number of nitrogens with zero attached hydrogens (tertiary/aromatic N) is 1. The summed E-state index contributed by atoms with van der Waals surface area (Å²) >= 11 is 0. The van der Waals surface area contributed by atoms with Crippen molar-refractivity contribution in [1.82, 2.24) is 10.2 Å². The maximum absolute atomic E-state index is 14.3. The summed E-state index contributed by atoms with van der Waals surface area (Å²) in [5.41, 5.74) is 1.89. The monoisotopic (exact) mass is 696 g/mol. The summed E-state index contributed by atoms with van der Waals surface area (Å²) in [5, 5.41) is 12.4. The Bertz CT molecular complexity index is 1560. The highest BCUT2D eigenvalue weighted by molar-refractivity contribution is 5.95. The fourth-order valence-electron chi connectivity index (χ4n) is 7.15. The molecule has 0 unspecified atom stereocenters. The van der Waals surface area contributed by atoms with Crippen LogP contribution in [0.2, 0.25) is 0 Å². The Kier molecular flexibility index (Phi) is 14.6. The summed E-state index contributed by atoms with van der Waals surface area (Å²) in [6.45, 7) is 0.822. The molecule has 1 aliphatic carbocycles. The van der Waals surface area contributed by atoms with Crippen LogP contribution in [0.5, 0.6) is 11.5 Å². The molecular formula is C42H52N2O7. The van der Waals surface area contributed by atoms with E-state index in [-0.39, 0.29) is 43.5 Å². The number of amides is 2. The zero-order chi connectivity index (χ0) is 35.8. The molecule has 0 radical (unpaired) electrons. The lowest BCUT2D eigenvalue weighted by Gasteiger charge is -2.29. The van der Waals surface area contributed by atoms with Crippen LogP contribution in [0.25, 0.3) is 0 Å². The van der Waals surface area contributed by atoms with Crippen molar-refractivity contribution in [2.75, 3.05) is 19.8 Å².